The Kier molecular flexibility index (Phi) is 10.9. The zero-order chi connectivity index (χ0) is 17.6. The van der Waals surface area contributed by atoms with Crippen LogP contribution in [0.3, 0.4) is 0 Å². The number of rotatable bonds is 11. The van der Waals surface area contributed by atoms with Gasteiger partial charge in [0, 0.05) is 52.9 Å². The molecule has 0 heterocycles. The predicted octanol–water partition coefficient (Wildman–Crippen LogP) is 2.31. The maximum atomic E-state index is 5.08. The Morgan fingerprint density at radius 2 is 1.96 bits per heavy atom. The van der Waals surface area contributed by atoms with E-state index in [1.807, 2.05) is 7.05 Å². The van der Waals surface area contributed by atoms with Gasteiger partial charge in [-0.25, -0.2) is 0 Å². The number of hydrogen-bond donors (Lipinski definition) is 2. The molecule has 0 amide bonds. The van der Waals surface area contributed by atoms with Crippen LogP contribution >= 0.6 is 0 Å². The highest BCUT2D eigenvalue weighted by molar-refractivity contribution is 5.79. The highest BCUT2D eigenvalue weighted by Crippen LogP contribution is 2.17. The van der Waals surface area contributed by atoms with Gasteiger partial charge in [0.2, 0.25) is 0 Å². The van der Waals surface area contributed by atoms with E-state index in [1.165, 1.54) is 5.56 Å². The highest BCUT2D eigenvalue weighted by Gasteiger charge is 2.09. The molecule has 24 heavy (non-hydrogen) atoms. The molecule has 1 atom stereocenters. The molecule has 2 N–H and O–H groups in total. The van der Waals surface area contributed by atoms with E-state index in [0.717, 1.165) is 51.6 Å². The zero-order valence-corrected chi connectivity index (χ0v) is 15.7. The number of aliphatic imine (C=N–C) groups is 1. The van der Waals surface area contributed by atoms with Crippen molar-refractivity contribution < 1.29 is 4.74 Å². The van der Waals surface area contributed by atoms with E-state index in [9.17, 15) is 0 Å². The largest absolute Gasteiger partial charge is 0.385 e. The quantitative estimate of drug-likeness (QED) is 0.370. The lowest BCUT2D eigenvalue weighted by atomic mass is 9.97. The molecule has 1 unspecified atom stereocenters. The van der Waals surface area contributed by atoms with Crippen molar-refractivity contribution in [3.8, 4) is 0 Å². The Balaban J connectivity index is 2.29. The van der Waals surface area contributed by atoms with E-state index in [-0.39, 0.29) is 0 Å². The summed E-state index contributed by atoms with van der Waals surface area (Å²) in [7, 11) is 5.70. The third kappa shape index (κ3) is 8.31. The molecule has 1 aromatic rings. The predicted molar refractivity (Wildman–Crippen MR) is 103 cm³/mol. The Morgan fingerprint density at radius 3 is 2.58 bits per heavy atom. The van der Waals surface area contributed by atoms with Gasteiger partial charge in [-0.1, -0.05) is 37.3 Å². The maximum absolute atomic E-state index is 5.08. The minimum absolute atomic E-state index is 0.501. The summed E-state index contributed by atoms with van der Waals surface area (Å²) in [6.07, 6.45) is 2.17. The number of hydrogen-bond acceptors (Lipinski definition) is 3. The van der Waals surface area contributed by atoms with Crippen LogP contribution < -0.4 is 10.6 Å². The van der Waals surface area contributed by atoms with Gasteiger partial charge in [0.15, 0.2) is 5.96 Å². The average Bonchev–Trinajstić information content (AvgIpc) is 2.61. The van der Waals surface area contributed by atoms with Crippen molar-refractivity contribution in [2.24, 2.45) is 4.99 Å². The van der Waals surface area contributed by atoms with E-state index >= 15 is 0 Å². The van der Waals surface area contributed by atoms with Gasteiger partial charge >= 0.3 is 0 Å². The Morgan fingerprint density at radius 1 is 1.21 bits per heavy atom. The van der Waals surface area contributed by atoms with Crippen molar-refractivity contribution >= 4 is 5.96 Å². The van der Waals surface area contributed by atoms with Gasteiger partial charge in [-0.05, 0) is 25.5 Å². The lowest BCUT2D eigenvalue weighted by molar-refractivity contribution is 0.180. The molecule has 1 rings (SSSR count). The number of ether oxygens (including phenoxy) is 1. The van der Waals surface area contributed by atoms with Crippen LogP contribution in [0.15, 0.2) is 35.3 Å². The summed E-state index contributed by atoms with van der Waals surface area (Å²) < 4.78 is 5.08. The van der Waals surface area contributed by atoms with Gasteiger partial charge in [-0.15, -0.1) is 0 Å². The molecule has 1 aromatic carbocycles. The first-order valence-electron chi connectivity index (χ1n) is 8.88. The van der Waals surface area contributed by atoms with Crippen LogP contribution in [0.2, 0.25) is 0 Å². The molecule has 0 saturated heterocycles. The number of nitrogens with zero attached hydrogens (tertiary/aromatic N) is 2. The van der Waals surface area contributed by atoms with Gasteiger partial charge in [0.1, 0.15) is 0 Å². The van der Waals surface area contributed by atoms with Crippen LogP contribution in [-0.2, 0) is 4.74 Å². The van der Waals surface area contributed by atoms with Crippen molar-refractivity contribution in [2.45, 2.75) is 25.7 Å². The third-order valence-corrected chi connectivity index (χ3v) is 4.18. The summed E-state index contributed by atoms with van der Waals surface area (Å²) in [5.74, 6) is 1.37. The minimum atomic E-state index is 0.501. The van der Waals surface area contributed by atoms with Crippen molar-refractivity contribution in [3.63, 3.8) is 0 Å². The van der Waals surface area contributed by atoms with Gasteiger partial charge in [0.25, 0.3) is 0 Å². The van der Waals surface area contributed by atoms with E-state index in [4.69, 9.17) is 4.74 Å². The molecule has 0 aliphatic carbocycles. The van der Waals surface area contributed by atoms with Gasteiger partial charge in [-0.3, -0.25) is 4.99 Å². The second-order valence-electron chi connectivity index (χ2n) is 6.05. The standard InChI is InChI=1S/C19H34N4O/c1-5-17(18-10-7-6-8-11-18)16-22-19(20-2)21-12-14-23(3)13-9-15-24-4/h6-8,10-11,17H,5,9,12-16H2,1-4H3,(H2,20,21,22). The number of nitrogens with one attached hydrogen (secondary N) is 2. The summed E-state index contributed by atoms with van der Waals surface area (Å²) in [5.41, 5.74) is 1.38. The van der Waals surface area contributed by atoms with Crippen molar-refractivity contribution in [3.05, 3.63) is 35.9 Å². The second kappa shape index (κ2) is 12.8. The van der Waals surface area contributed by atoms with Gasteiger partial charge in [-0.2, -0.15) is 0 Å². The smallest absolute Gasteiger partial charge is 0.191 e. The number of methoxy groups -OCH3 is 1. The maximum Gasteiger partial charge on any atom is 0.191 e. The number of benzene rings is 1. The lowest BCUT2D eigenvalue weighted by Crippen LogP contribution is -2.42. The second-order valence-corrected chi connectivity index (χ2v) is 6.05. The van der Waals surface area contributed by atoms with E-state index in [2.05, 4.69) is 64.8 Å². The fourth-order valence-corrected chi connectivity index (χ4v) is 2.62. The molecule has 5 nitrogen and oxygen atoms in total. The van der Waals surface area contributed by atoms with Crippen LogP contribution in [-0.4, -0.2) is 64.9 Å². The molecule has 0 saturated carbocycles. The van der Waals surface area contributed by atoms with E-state index < -0.39 is 0 Å². The lowest BCUT2D eigenvalue weighted by Gasteiger charge is -2.20. The van der Waals surface area contributed by atoms with E-state index in [1.54, 1.807) is 7.11 Å². The highest BCUT2D eigenvalue weighted by atomic mass is 16.5. The first kappa shape index (κ1) is 20.5. The minimum Gasteiger partial charge on any atom is -0.385 e. The Labute approximate surface area is 147 Å². The number of guanidine groups is 1. The van der Waals surface area contributed by atoms with Crippen molar-refractivity contribution in [2.75, 3.05) is 54.0 Å². The SMILES string of the molecule is CCC(CNC(=NC)NCCN(C)CCCOC)c1ccccc1. The number of likely N-dealkylation sites (N-methyl/N-ethyl adjacent to an activating group) is 1. The summed E-state index contributed by atoms with van der Waals surface area (Å²) in [5, 5.41) is 6.83. The molecule has 0 fully saturated rings. The van der Waals surface area contributed by atoms with Crippen LogP contribution in [0.25, 0.3) is 0 Å². The first-order chi connectivity index (χ1) is 11.7. The molecular formula is C19H34N4O. The van der Waals surface area contributed by atoms with Crippen molar-refractivity contribution in [1.29, 1.82) is 0 Å². The summed E-state index contributed by atoms with van der Waals surface area (Å²) in [6.45, 7) is 6.85. The summed E-state index contributed by atoms with van der Waals surface area (Å²) in [4.78, 5) is 6.62. The van der Waals surface area contributed by atoms with Crippen LogP contribution in [0.1, 0.15) is 31.2 Å². The zero-order valence-electron chi connectivity index (χ0n) is 15.7. The molecular weight excluding hydrogens is 300 g/mol. The molecule has 0 aromatic heterocycles. The third-order valence-electron chi connectivity index (χ3n) is 4.18. The van der Waals surface area contributed by atoms with Crippen LogP contribution in [0.5, 0.6) is 0 Å². The van der Waals surface area contributed by atoms with Gasteiger partial charge < -0.3 is 20.3 Å². The topological polar surface area (TPSA) is 48.9 Å². The summed E-state index contributed by atoms with van der Waals surface area (Å²) >= 11 is 0. The average molecular weight is 335 g/mol. The molecule has 0 spiro atoms. The molecule has 0 aliphatic rings. The Bertz CT molecular complexity index is 450. The summed E-state index contributed by atoms with van der Waals surface area (Å²) in [6, 6.07) is 10.7. The fourth-order valence-electron chi connectivity index (χ4n) is 2.62. The van der Waals surface area contributed by atoms with Crippen LogP contribution in [0.4, 0.5) is 0 Å². The van der Waals surface area contributed by atoms with Crippen molar-refractivity contribution in [1.82, 2.24) is 15.5 Å². The molecule has 5 heteroatoms. The first-order valence-corrected chi connectivity index (χ1v) is 8.88. The monoisotopic (exact) mass is 334 g/mol. The van der Waals surface area contributed by atoms with Gasteiger partial charge in [0.05, 0.1) is 0 Å². The van der Waals surface area contributed by atoms with E-state index in [0.29, 0.717) is 5.92 Å². The molecule has 136 valence electrons. The molecule has 0 aliphatic heterocycles. The Hall–Kier alpha value is -1.59. The molecule has 0 bridgehead atoms. The van der Waals surface area contributed by atoms with Crippen LogP contribution in [0, 0.1) is 0 Å². The normalized spacial score (nSPS) is 13.1. The molecule has 0 radical (unpaired) electrons. The fraction of sp³-hybridized carbons (Fsp3) is 0.632.